The Hall–Kier alpha value is -1.64. The van der Waals surface area contributed by atoms with Crippen LogP contribution in [-0.4, -0.2) is 8.42 Å². The van der Waals surface area contributed by atoms with Crippen molar-refractivity contribution >= 4 is 16.1 Å². The topological polar surface area (TPSA) is 78.6 Å². The number of hydrogen-bond donors (Lipinski definition) is 1. The van der Waals surface area contributed by atoms with E-state index >= 15 is 0 Å². The van der Waals surface area contributed by atoms with Gasteiger partial charge in [-0.2, -0.15) is 4.39 Å². The Kier molecular flexibility index (Phi) is 1.77. The van der Waals surface area contributed by atoms with Crippen molar-refractivity contribution < 1.29 is 30.0 Å². The highest BCUT2D eigenvalue weighted by atomic mass is 32.3. The molecule has 0 saturated heterocycles. The minimum absolute atomic E-state index is 0.883. The van der Waals surface area contributed by atoms with Gasteiger partial charge in [0.1, 0.15) is 5.69 Å². The zero-order valence-electron chi connectivity index (χ0n) is 6.75. The Bertz CT molecular complexity index is 513. The van der Waals surface area contributed by atoms with Crippen LogP contribution in [0.1, 0.15) is 0 Å². The average molecular weight is 241 g/mol. The maximum atomic E-state index is 12.9. The monoisotopic (exact) mass is 241 g/mol. The number of hydrogen-bond acceptors (Lipinski definition) is 5. The van der Waals surface area contributed by atoms with Crippen LogP contribution in [0.15, 0.2) is 0 Å². The van der Waals surface area contributed by atoms with Gasteiger partial charge in [-0.25, -0.2) is 8.78 Å². The molecule has 9 heteroatoms. The second-order valence-corrected chi connectivity index (χ2v) is 3.74. The molecule has 1 aromatic carbocycles. The number of nitrogens with two attached hydrogens (primary N) is 1. The zero-order valence-corrected chi connectivity index (χ0v) is 7.57. The van der Waals surface area contributed by atoms with Crippen molar-refractivity contribution in [3.8, 4) is 11.5 Å². The van der Waals surface area contributed by atoms with E-state index in [0.29, 0.717) is 0 Å². The van der Waals surface area contributed by atoms with E-state index in [0.717, 1.165) is 0 Å². The summed E-state index contributed by atoms with van der Waals surface area (Å²) >= 11 is 0. The zero-order chi connectivity index (χ0) is 11.4. The van der Waals surface area contributed by atoms with Crippen molar-refractivity contribution in [2.75, 3.05) is 5.73 Å². The number of halogens is 3. The lowest BCUT2D eigenvalue weighted by Crippen LogP contribution is -2.08. The Balaban J connectivity index is 2.80. The van der Waals surface area contributed by atoms with Crippen LogP contribution in [0, 0.1) is 17.5 Å². The molecule has 0 spiro atoms. The third kappa shape index (κ3) is 1.27. The molecule has 0 atom stereocenters. The molecule has 0 aliphatic carbocycles. The van der Waals surface area contributed by atoms with E-state index in [1.807, 2.05) is 0 Å². The third-order valence-electron chi connectivity index (χ3n) is 1.64. The number of fused-ring (bicyclic) bond motifs is 1. The Morgan fingerprint density at radius 1 is 0.933 bits per heavy atom. The van der Waals surface area contributed by atoms with Gasteiger partial charge in [0.15, 0.2) is 5.82 Å². The Labute approximate surface area is 81.5 Å². The van der Waals surface area contributed by atoms with Crippen molar-refractivity contribution in [3.05, 3.63) is 17.5 Å². The van der Waals surface area contributed by atoms with Crippen molar-refractivity contribution in [2.45, 2.75) is 0 Å². The van der Waals surface area contributed by atoms with E-state index in [1.54, 1.807) is 0 Å². The molecule has 2 rings (SSSR count). The van der Waals surface area contributed by atoms with Crippen LogP contribution in [0.3, 0.4) is 0 Å². The van der Waals surface area contributed by atoms with Crippen LogP contribution in [0.2, 0.25) is 0 Å². The standard InChI is InChI=1S/C6H2F3NO4S/c7-1-2(8)4(10)6-5(3(1)9)13-15(11,12)14-6/h10H2. The van der Waals surface area contributed by atoms with Gasteiger partial charge in [-0.3, -0.25) is 0 Å². The summed E-state index contributed by atoms with van der Waals surface area (Å²) in [7, 11) is -4.54. The fourth-order valence-electron chi connectivity index (χ4n) is 1.01. The van der Waals surface area contributed by atoms with Gasteiger partial charge in [0, 0.05) is 0 Å². The summed E-state index contributed by atoms with van der Waals surface area (Å²) < 4.78 is 67.9. The summed E-state index contributed by atoms with van der Waals surface area (Å²) in [6, 6.07) is 0. The quantitative estimate of drug-likeness (QED) is 0.534. The lowest BCUT2D eigenvalue weighted by atomic mass is 10.2. The van der Waals surface area contributed by atoms with Crippen molar-refractivity contribution in [2.24, 2.45) is 0 Å². The molecule has 15 heavy (non-hydrogen) atoms. The number of benzene rings is 1. The van der Waals surface area contributed by atoms with Gasteiger partial charge in [0.2, 0.25) is 23.1 Å². The minimum atomic E-state index is -4.54. The molecular weight excluding hydrogens is 239 g/mol. The first-order chi connectivity index (χ1) is 6.83. The van der Waals surface area contributed by atoms with E-state index in [4.69, 9.17) is 5.73 Å². The van der Waals surface area contributed by atoms with Crippen molar-refractivity contribution in [3.63, 3.8) is 0 Å². The molecule has 0 fully saturated rings. The molecule has 0 aromatic heterocycles. The minimum Gasteiger partial charge on any atom is -0.393 e. The molecular formula is C6H2F3NO4S. The fourth-order valence-corrected chi connectivity index (χ4v) is 1.77. The van der Waals surface area contributed by atoms with Gasteiger partial charge in [0.25, 0.3) is 0 Å². The van der Waals surface area contributed by atoms with E-state index < -0.39 is 45.0 Å². The first-order valence-corrected chi connectivity index (χ1v) is 4.76. The van der Waals surface area contributed by atoms with Crippen LogP contribution in [-0.2, 0) is 10.4 Å². The highest BCUT2D eigenvalue weighted by Crippen LogP contribution is 2.45. The van der Waals surface area contributed by atoms with E-state index in [9.17, 15) is 21.6 Å². The van der Waals surface area contributed by atoms with E-state index in [-0.39, 0.29) is 0 Å². The van der Waals surface area contributed by atoms with Crippen LogP contribution >= 0.6 is 0 Å². The summed E-state index contributed by atoms with van der Waals surface area (Å²) in [5.41, 5.74) is 4.01. The van der Waals surface area contributed by atoms with Crippen molar-refractivity contribution in [1.82, 2.24) is 0 Å². The molecule has 1 aliphatic heterocycles. The molecule has 82 valence electrons. The first-order valence-electron chi connectivity index (χ1n) is 3.43. The predicted octanol–water partition coefficient (Wildman–Crippen LogP) is 0.702. The van der Waals surface area contributed by atoms with E-state index in [1.165, 1.54) is 0 Å². The Morgan fingerprint density at radius 3 is 2.07 bits per heavy atom. The number of anilines is 1. The molecule has 0 saturated carbocycles. The van der Waals surface area contributed by atoms with Gasteiger partial charge < -0.3 is 14.1 Å². The smallest absolute Gasteiger partial charge is 0.393 e. The lowest BCUT2D eigenvalue weighted by molar-refractivity contribution is 0.414. The third-order valence-corrected chi connectivity index (χ3v) is 2.38. The second-order valence-electron chi connectivity index (χ2n) is 2.59. The predicted molar refractivity (Wildman–Crippen MR) is 40.9 cm³/mol. The SMILES string of the molecule is Nc1c(F)c(F)c(F)c2c1OS(=O)(=O)O2. The van der Waals surface area contributed by atoms with Crippen LogP contribution in [0.25, 0.3) is 0 Å². The van der Waals surface area contributed by atoms with Crippen LogP contribution in [0.4, 0.5) is 18.9 Å². The molecule has 5 nitrogen and oxygen atoms in total. The second kappa shape index (κ2) is 2.69. The number of nitrogen functional groups attached to an aromatic ring is 1. The largest absolute Gasteiger partial charge is 0.501 e. The van der Waals surface area contributed by atoms with Gasteiger partial charge in [0.05, 0.1) is 0 Å². The molecule has 0 radical (unpaired) electrons. The fraction of sp³-hybridized carbons (Fsp3) is 0. The van der Waals surface area contributed by atoms with Gasteiger partial charge >= 0.3 is 10.4 Å². The summed E-state index contributed by atoms with van der Waals surface area (Å²) in [4.78, 5) is 0. The van der Waals surface area contributed by atoms with Crippen molar-refractivity contribution in [1.29, 1.82) is 0 Å². The summed E-state index contributed by atoms with van der Waals surface area (Å²) in [5.74, 6) is -7.42. The molecule has 1 heterocycles. The number of rotatable bonds is 0. The first kappa shape index (κ1) is 9.90. The summed E-state index contributed by atoms with van der Waals surface area (Å²) in [6.07, 6.45) is 0. The Morgan fingerprint density at radius 2 is 1.47 bits per heavy atom. The van der Waals surface area contributed by atoms with Gasteiger partial charge in [-0.05, 0) is 0 Å². The normalized spacial score (nSPS) is 16.7. The van der Waals surface area contributed by atoms with Crippen LogP contribution in [0.5, 0.6) is 11.5 Å². The summed E-state index contributed by atoms with van der Waals surface area (Å²) in [6.45, 7) is 0. The molecule has 1 aromatic rings. The van der Waals surface area contributed by atoms with Crippen LogP contribution < -0.4 is 14.1 Å². The maximum absolute atomic E-state index is 12.9. The van der Waals surface area contributed by atoms with E-state index in [2.05, 4.69) is 8.37 Å². The molecule has 0 amide bonds. The lowest BCUT2D eigenvalue weighted by Gasteiger charge is -2.02. The molecule has 1 aliphatic rings. The molecule has 0 bridgehead atoms. The molecule has 0 unspecified atom stereocenters. The van der Waals surface area contributed by atoms with Gasteiger partial charge in [-0.1, -0.05) is 0 Å². The highest BCUT2D eigenvalue weighted by Gasteiger charge is 2.38. The maximum Gasteiger partial charge on any atom is 0.501 e. The average Bonchev–Trinajstić information content (AvgIpc) is 2.48. The highest BCUT2D eigenvalue weighted by molar-refractivity contribution is 7.82. The molecule has 2 N–H and O–H groups in total. The van der Waals surface area contributed by atoms with Gasteiger partial charge in [-0.15, -0.1) is 8.42 Å². The summed E-state index contributed by atoms with van der Waals surface area (Å²) in [5, 5.41) is 0.